The lowest BCUT2D eigenvalue weighted by Crippen LogP contribution is -2.27. The van der Waals surface area contributed by atoms with E-state index in [1.165, 1.54) is 18.5 Å². The topological polar surface area (TPSA) is 59.0 Å². The SMILES string of the molecule is COc1ccccc1CCCN1CCCOCC1.O=C(O)C(F)(F)F. The third-order valence-electron chi connectivity index (χ3n) is 3.67. The van der Waals surface area contributed by atoms with Crippen LogP contribution in [-0.4, -0.2) is 62.1 Å². The van der Waals surface area contributed by atoms with Crippen LogP contribution in [0, 0.1) is 0 Å². The Morgan fingerprint density at radius 2 is 1.96 bits per heavy atom. The maximum absolute atomic E-state index is 10.6. The Morgan fingerprint density at radius 1 is 1.28 bits per heavy atom. The molecule has 1 aromatic rings. The lowest BCUT2D eigenvalue weighted by Gasteiger charge is -2.19. The van der Waals surface area contributed by atoms with Crippen molar-refractivity contribution in [2.75, 3.05) is 40.0 Å². The summed E-state index contributed by atoms with van der Waals surface area (Å²) in [5.74, 6) is -1.75. The van der Waals surface area contributed by atoms with Gasteiger partial charge in [-0.1, -0.05) is 18.2 Å². The standard InChI is InChI=1S/C15H23NO2.C2HF3O2/c1-17-15-8-3-2-6-14(15)7-4-9-16-10-5-12-18-13-11-16;3-2(4,5)1(6)7/h2-3,6,8H,4-5,7,9-13H2,1H3;(H,6,7). The molecule has 142 valence electrons. The highest BCUT2D eigenvalue weighted by molar-refractivity contribution is 5.73. The second kappa shape index (κ2) is 10.9. The van der Waals surface area contributed by atoms with Crippen molar-refractivity contribution in [1.29, 1.82) is 0 Å². The van der Waals surface area contributed by atoms with Crippen LogP contribution < -0.4 is 4.74 Å². The number of hydrogen-bond acceptors (Lipinski definition) is 4. The number of carboxylic acids is 1. The average Bonchev–Trinajstić information content (AvgIpc) is 2.84. The number of rotatable bonds is 5. The number of carboxylic acid groups (broad SMARTS) is 1. The fourth-order valence-electron chi connectivity index (χ4n) is 2.42. The highest BCUT2D eigenvalue weighted by Crippen LogP contribution is 2.19. The molecule has 0 aromatic heterocycles. The molecule has 2 rings (SSSR count). The molecule has 1 aliphatic rings. The molecule has 8 heteroatoms. The quantitative estimate of drug-likeness (QED) is 0.872. The minimum Gasteiger partial charge on any atom is -0.496 e. The molecular formula is C17H24F3NO4. The second-order valence-corrected chi connectivity index (χ2v) is 5.53. The number of ether oxygens (including phenoxy) is 2. The lowest BCUT2D eigenvalue weighted by atomic mass is 10.1. The Hall–Kier alpha value is -1.80. The van der Waals surface area contributed by atoms with Gasteiger partial charge in [-0.05, 0) is 37.4 Å². The van der Waals surface area contributed by atoms with Crippen molar-refractivity contribution < 1.29 is 32.5 Å². The minimum atomic E-state index is -5.08. The van der Waals surface area contributed by atoms with Crippen LogP contribution in [0.15, 0.2) is 24.3 Å². The van der Waals surface area contributed by atoms with Crippen molar-refractivity contribution in [3.63, 3.8) is 0 Å². The monoisotopic (exact) mass is 363 g/mol. The number of aryl methyl sites for hydroxylation is 1. The summed E-state index contributed by atoms with van der Waals surface area (Å²) in [6.45, 7) is 5.21. The summed E-state index contributed by atoms with van der Waals surface area (Å²) in [7, 11) is 1.74. The fourth-order valence-corrected chi connectivity index (χ4v) is 2.42. The number of halogens is 3. The summed E-state index contributed by atoms with van der Waals surface area (Å²) in [5.41, 5.74) is 1.31. The maximum Gasteiger partial charge on any atom is 0.490 e. The van der Waals surface area contributed by atoms with E-state index in [4.69, 9.17) is 19.4 Å². The largest absolute Gasteiger partial charge is 0.496 e. The highest BCUT2D eigenvalue weighted by Gasteiger charge is 2.38. The smallest absolute Gasteiger partial charge is 0.490 e. The molecule has 0 spiro atoms. The molecule has 0 unspecified atom stereocenters. The summed E-state index contributed by atoms with van der Waals surface area (Å²) >= 11 is 0. The van der Waals surface area contributed by atoms with Gasteiger partial charge in [0.25, 0.3) is 0 Å². The summed E-state index contributed by atoms with van der Waals surface area (Å²) in [6, 6.07) is 8.30. The van der Waals surface area contributed by atoms with Crippen molar-refractivity contribution in [1.82, 2.24) is 4.90 Å². The Kier molecular flexibility index (Phi) is 9.30. The molecule has 1 N–H and O–H groups in total. The number of methoxy groups -OCH3 is 1. The van der Waals surface area contributed by atoms with Gasteiger partial charge in [-0.15, -0.1) is 0 Å². The van der Waals surface area contributed by atoms with Gasteiger partial charge in [0.05, 0.1) is 13.7 Å². The second-order valence-electron chi connectivity index (χ2n) is 5.53. The van der Waals surface area contributed by atoms with E-state index in [0.717, 1.165) is 44.9 Å². The molecule has 1 saturated heterocycles. The molecule has 0 aliphatic carbocycles. The Balaban J connectivity index is 0.000000381. The van der Waals surface area contributed by atoms with Crippen LogP contribution in [-0.2, 0) is 16.0 Å². The zero-order chi connectivity index (χ0) is 18.7. The van der Waals surface area contributed by atoms with E-state index < -0.39 is 12.1 Å². The molecule has 1 fully saturated rings. The van der Waals surface area contributed by atoms with Gasteiger partial charge < -0.3 is 19.5 Å². The Labute approximate surface area is 145 Å². The van der Waals surface area contributed by atoms with E-state index in [2.05, 4.69) is 17.0 Å². The number of aliphatic carboxylic acids is 1. The van der Waals surface area contributed by atoms with Gasteiger partial charge in [-0.2, -0.15) is 13.2 Å². The van der Waals surface area contributed by atoms with Crippen molar-refractivity contribution >= 4 is 5.97 Å². The molecule has 5 nitrogen and oxygen atoms in total. The number of benzene rings is 1. The molecule has 1 aromatic carbocycles. The number of hydrogen-bond donors (Lipinski definition) is 1. The summed E-state index contributed by atoms with van der Waals surface area (Å²) in [6.07, 6.45) is -1.66. The molecular weight excluding hydrogens is 339 g/mol. The van der Waals surface area contributed by atoms with Crippen LogP contribution in [0.4, 0.5) is 13.2 Å². The number of para-hydroxylation sites is 1. The summed E-state index contributed by atoms with van der Waals surface area (Å²) in [4.78, 5) is 11.4. The first kappa shape index (κ1) is 21.2. The van der Waals surface area contributed by atoms with Gasteiger partial charge in [-0.25, -0.2) is 4.79 Å². The van der Waals surface area contributed by atoms with Gasteiger partial charge in [-0.3, -0.25) is 0 Å². The third kappa shape index (κ3) is 8.74. The van der Waals surface area contributed by atoms with E-state index in [1.54, 1.807) is 7.11 Å². The number of alkyl halides is 3. The van der Waals surface area contributed by atoms with Crippen molar-refractivity contribution in [3.05, 3.63) is 29.8 Å². The summed E-state index contributed by atoms with van der Waals surface area (Å²) < 4.78 is 42.6. The first-order valence-electron chi connectivity index (χ1n) is 8.06. The Morgan fingerprint density at radius 3 is 2.60 bits per heavy atom. The molecule has 0 amide bonds. The van der Waals surface area contributed by atoms with Crippen molar-refractivity contribution in [2.45, 2.75) is 25.4 Å². The van der Waals surface area contributed by atoms with Gasteiger partial charge in [0.2, 0.25) is 0 Å². The molecule has 25 heavy (non-hydrogen) atoms. The Bertz CT molecular complexity index is 515. The molecule has 1 aliphatic heterocycles. The first-order valence-corrected chi connectivity index (χ1v) is 8.06. The molecule has 0 atom stereocenters. The molecule has 0 bridgehead atoms. The molecule has 1 heterocycles. The van der Waals surface area contributed by atoms with Crippen LogP contribution in [0.2, 0.25) is 0 Å². The van der Waals surface area contributed by atoms with Gasteiger partial charge in [0.1, 0.15) is 5.75 Å². The normalized spacial score (nSPS) is 15.7. The van der Waals surface area contributed by atoms with Crippen LogP contribution >= 0.6 is 0 Å². The van der Waals surface area contributed by atoms with Crippen molar-refractivity contribution in [3.8, 4) is 5.75 Å². The van der Waals surface area contributed by atoms with Gasteiger partial charge >= 0.3 is 12.1 Å². The number of nitrogens with zero attached hydrogens (tertiary/aromatic N) is 1. The summed E-state index contributed by atoms with van der Waals surface area (Å²) in [5, 5.41) is 7.12. The number of carbonyl (C=O) groups is 1. The molecule has 0 saturated carbocycles. The predicted octanol–water partition coefficient (Wildman–Crippen LogP) is 2.98. The van der Waals surface area contributed by atoms with E-state index in [9.17, 15) is 13.2 Å². The highest BCUT2D eigenvalue weighted by atomic mass is 19.4. The van der Waals surface area contributed by atoms with Gasteiger partial charge in [0.15, 0.2) is 0 Å². The van der Waals surface area contributed by atoms with Gasteiger partial charge in [0, 0.05) is 19.7 Å². The van der Waals surface area contributed by atoms with E-state index in [-0.39, 0.29) is 0 Å². The van der Waals surface area contributed by atoms with Crippen molar-refractivity contribution in [2.24, 2.45) is 0 Å². The van der Waals surface area contributed by atoms with E-state index >= 15 is 0 Å². The average molecular weight is 363 g/mol. The minimum absolute atomic E-state index is 0.884. The van der Waals surface area contributed by atoms with Crippen LogP contribution in [0.25, 0.3) is 0 Å². The maximum atomic E-state index is 10.6. The van der Waals surface area contributed by atoms with E-state index in [0.29, 0.717) is 0 Å². The zero-order valence-electron chi connectivity index (χ0n) is 14.2. The fraction of sp³-hybridized carbons (Fsp3) is 0.588. The first-order chi connectivity index (χ1) is 11.8. The predicted molar refractivity (Wildman–Crippen MR) is 86.9 cm³/mol. The zero-order valence-corrected chi connectivity index (χ0v) is 14.2. The van der Waals surface area contributed by atoms with Crippen LogP contribution in [0.5, 0.6) is 5.75 Å². The van der Waals surface area contributed by atoms with Crippen LogP contribution in [0.3, 0.4) is 0 Å². The lowest BCUT2D eigenvalue weighted by molar-refractivity contribution is -0.192. The molecule has 0 radical (unpaired) electrons. The van der Waals surface area contributed by atoms with Crippen LogP contribution in [0.1, 0.15) is 18.4 Å². The van der Waals surface area contributed by atoms with E-state index in [1.807, 2.05) is 12.1 Å². The third-order valence-corrected chi connectivity index (χ3v) is 3.67.